The van der Waals surface area contributed by atoms with Crippen molar-refractivity contribution in [1.82, 2.24) is 4.98 Å². The van der Waals surface area contributed by atoms with Crippen LogP contribution in [0.1, 0.15) is 40.5 Å². The first kappa shape index (κ1) is 14.4. The molecule has 0 bridgehead atoms. The number of ether oxygens (including phenoxy) is 1. The molecule has 0 amide bonds. The zero-order chi connectivity index (χ0) is 14.5. The second-order valence-electron chi connectivity index (χ2n) is 6.44. The molecule has 2 heterocycles. The van der Waals surface area contributed by atoms with Crippen LogP contribution in [-0.2, 0) is 9.31 Å². The third kappa shape index (κ3) is 2.61. The highest BCUT2D eigenvalue weighted by atomic mass is 79.9. The SMILES string of the molecule is CC1(C)OB(c2ncc(Br)cc2OC2CC2)OC1(C)C. The first-order chi connectivity index (χ1) is 9.28. The van der Waals surface area contributed by atoms with Crippen molar-refractivity contribution in [2.75, 3.05) is 0 Å². The molecule has 108 valence electrons. The summed E-state index contributed by atoms with van der Waals surface area (Å²) >= 11 is 3.44. The first-order valence-electron chi connectivity index (χ1n) is 6.96. The topological polar surface area (TPSA) is 40.6 Å². The Morgan fingerprint density at radius 2 is 1.85 bits per heavy atom. The van der Waals surface area contributed by atoms with Gasteiger partial charge in [-0.15, -0.1) is 0 Å². The molecule has 0 spiro atoms. The number of pyridine rings is 1. The maximum atomic E-state index is 6.05. The average Bonchev–Trinajstić information content (AvgIpc) is 3.07. The summed E-state index contributed by atoms with van der Waals surface area (Å²) in [5.74, 6) is 0.750. The van der Waals surface area contributed by atoms with E-state index in [1.807, 2.05) is 33.8 Å². The van der Waals surface area contributed by atoms with Crippen LogP contribution in [0.25, 0.3) is 0 Å². The van der Waals surface area contributed by atoms with Gasteiger partial charge in [0.25, 0.3) is 0 Å². The number of hydrogen-bond donors (Lipinski definition) is 0. The van der Waals surface area contributed by atoms with Crippen molar-refractivity contribution in [3.8, 4) is 5.75 Å². The van der Waals surface area contributed by atoms with E-state index in [9.17, 15) is 0 Å². The Morgan fingerprint density at radius 1 is 1.25 bits per heavy atom. The normalized spacial score (nSPS) is 23.9. The Kier molecular flexibility index (Phi) is 3.38. The van der Waals surface area contributed by atoms with Crippen LogP contribution in [0, 0.1) is 0 Å². The molecule has 1 aliphatic heterocycles. The molecule has 1 saturated heterocycles. The number of halogens is 1. The van der Waals surface area contributed by atoms with Gasteiger partial charge in [-0.2, -0.15) is 0 Å². The van der Waals surface area contributed by atoms with Crippen LogP contribution in [0.3, 0.4) is 0 Å². The highest BCUT2D eigenvalue weighted by Gasteiger charge is 2.53. The van der Waals surface area contributed by atoms with Crippen molar-refractivity contribution in [2.45, 2.75) is 57.8 Å². The van der Waals surface area contributed by atoms with E-state index in [4.69, 9.17) is 14.0 Å². The lowest BCUT2D eigenvalue weighted by Gasteiger charge is -2.32. The van der Waals surface area contributed by atoms with Gasteiger partial charge in [0.1, 0.15) is 11.3 Å². The lowest BCUT2D eigenvalue weighted by atomic mass is 9.83. The van der Waals surface area contributed by atoms with Crippen molar-refractivity contribution < 1.29 is 14.0 Å². The van der Waals surface area contributed by atoms with Crippen LogP contribution < -0.4 is 10.3 Å². The summed E-state index contributed by atoms with van der Waals surface area (Å²) in [5, 5.41) is 0. The van der Waals surface area contributed by atoms with E-state index in [0.29, 0.717) is 6.10 Å². The minimum absolute atomic E-state index is 0.312. The molecule has 3 rings (SSSR count). The van der Waals surface area contributed by atoms with Crippen LogP contribution in [0.4, 0.5) is 0 Å². The van der Waals surface area contributed by atoms with E-state index in [1.165, 1.54) is 0 Å². The molecular formula is C14H19BBrNO3. The van der Waals surface area contributed by atoms with Crippen molar-refractivity contribution in [2.24, 2.45) is 0 Å². The van der Waals surface area contributed by atoms with Gasteiger partial charge in [0.05, 0.1) is 17.3 Å². The van der Waals surface area contributed by atoms with Crippen LogP contribution in [-0.4, -0.2) is 29.4 Å². The fourth-order valence-electron chi connectivity index (χ4n) is 2.02. The molecule has 0 aromatic carbocycles. The molecule has 0 atom stereocenters. The van der Waals surface area contributed by atoms with E-state index in [2.05, 4.69) is 20.9 Å². The predicted octanol–water partition coefficient (Wildman–Crippen LogP) is 2.68. The van der Waals surface area contributed by atoms with Crippen molar-refractivity contribution in [3.05, 3.63) is 16.7 Å². The summed E-state index contributed by atoms with van der Waals surface area (Å²) in [4.78, 5) is 4.45. The summed E-state index contributed by atoms with van der Waals surface area (Å²) in [6, 6.07) is 1.94. The smallest absolute Gasteiger partial charge is 0.489 e. The van der Waals surface area contributed by atoms with Crippen LogP contribution in [0.2, 0.25) is 0 Å². The van der Waals surface area contributed by atoms with E-state index in [1.54, 1.807) is 6.20 Å². The second kappa shape index (κ2) is 4.72. The third-order valence-corrected chi connectivity index (χ3v) is 4.58. The van der Waals surface area contributed by atoms with Gasteiger partial charge >= 0.3 is 7.12 Å². The van der Waals surface area contributed by atoms with E-state index >= 15 is 0 Å². The molecule has 2 fully saturated rings. The van der Waals surface area contributed by atoms with Gasteiger partial charge in [0.15, 0.2) is 0 Å². The largest absolute Gasteiger partial charge is 0.518 e. The molecule has 1 aromatic heterocycles. The molecule has 6 heteroatoms. The van der Waals surface area contributed by atoms with E-state index in [-0.39, 0.29) is 11.2 Å². The zero-order valence-corrected chi connectivity index (χ0v) is 13.9. The minimum atomic E-state index is -0.484. The molecule has 20 heavy (non-hydrogen) atoms. The molecule has 4 nitrogen and oxygen atoms in total. The van der Waals surface area contributed by atoms with Gasteiger partial charge in [-0.05, 0) is 62.5 Å². The maximum absolute atomic E-state index is 6.05. The summed E-state index contributed by atoms with van der Waals surface area (Å²) in [6.45, 7) is 8.14. The maximum Gasteiger partial charge on any atom is 0.518 e. The Hall–Kier alpha value is -0.585. The molecule has 2 aliphatic rings. The number of rotatable bonds is 3. The number of nitrogens with zero attached hydrogens (tertiary/aromatic N) is 1. The first-order valence-corrected chi connectivity index (χ1v) is 7.75. The minimum Gasteiger partial charge on any atom is -0.489 e. The van der Waals surface area contributed by atoms with Crippen molar-refractivity contribution in [1.29, 1.82) is 0 Å². The summed E-state index contributed by atoms with van der Waals surface area (Å²) < 4.78 is 18.9. The Bertz CT molecular complexity index is 515. The molecule has 1 aromatic rings. The van der Waals surface area contributed by atoms with E-state index < -0.39 is 7.12 Å². The van der Waals surface area contributed by atoms with E-state index in [0.717, 1.165) is 28.7 Å². The summed E-state index contributed by atoms with van der Waals surface area (Å²) in [7, 11) is -0.484. The Morgan fingerprint density at radius 3 is 2.40 bits per heavy atom. The summed E-state index contributed by atoms with van der Waals surface area (Å²) in [6.07, 6.45) is 4.28. The standard InChI is InChI=1S/C14H19BBrNO3/c1-13(2)14(3,4)20-15(19-13)12-11(18-10-5-6-10)7-9(16)8-17-12/h7-8,10H,5-6H2,1-4H3. The fraction of sp³-hybridized carbons (Fsp3) is 0.643. The lowest BCUT2D eigenvalue weighted by molar-refractivity contribution is 0.00578. The van der Waals surface area contributed by atoms with Crippen molar-refractivity contribution >= 4 is 28.6 Å². The van der Waals surface area contributed by atoms with Gasteiger partial charge in [-0.3, -0.25) is 4.98 Å². The highest BCUT2D eigenvalue weighted by molar-refractivity contribution is 9.10. The predicted molar refractivity (Wildman–Crippen MR) is 81.3 cm³/mol. The molecule has 0 N–H and O–H groups in total. The third-order valence-electron chi connectivity index (χ3n) is 4.14. The van der Waals surface area contributed by atoms with Crippen LogP contribution in [0.5, 0.6) is 5.75 Å². The van der Waals surface area contributed by atoms with Gasteiger partial charge in [-0.1, -0.05) is 0 Å². The quantitative estimate of drug-likeness (QED) is 0.794. The van der Waals surface area contributed by atoms with Gasteiger partial charge < -0.3 is 14.0 Å². The molecule has 0 radical (unpaired) electrons. The fourth-order valence-corrected chi connectivity index (χ4v) is 2.33. The molecule has 1 saturated carbocycles. The number of aromatic nitrogens is 1. The zero-order valence-electron chi connectivity index (χ0n) is 12.3. The second-order valence-corrected chi connectivity index (χ2v) is 7.36. The highest BCUT2D eigenvalue weighted by Crippen LogP contribution is 2.37. The number of hydrogen-bond acceptors (Lipinski definition) is 4. The molecule has 1 aliphatic carbocycles. The lowest BCUT2D eigenvalue weighted by Crippen LogP contribution is -2.41. The Balaban J connectivity index is 1.90. The van der Waals surface area contributed by atoms with Gasteiger partial charge in [0.2, 0.25) is 0 Å². The average molecular weight is 340 g/mol. The summed E-state index contributed by atoms with van der Waals surface area (Å²) in [5.41, 5.74) is -0.0224. The van der Waals surface area contributed by atoms with Gasteiger partial charge in [0, 0.05) is 10.7 Å². The Labute approximate surface area is 128 Å². The van der Waals surface area contributed by atoms with Crippen molar-refractivity contribution in [3.63, 3.8) is 0 Å². The van der Waals surface area contributed by atoms with Crippen LogP contribution in [0.15, 0.2) is 16.7 Å². The molecular weight excluding hydrogens is 321 g/mol. The van der Waals surface area contributed by atoms with Gasteiger partial charge in [-0.25, -0.2) is 0 Å². The van der Waals surface area contributed by atoms with Crippen LogP contribution >= 0.6 is 15.9 Å². The molecule has 0 unspecified atom stereocenters. The monoisotopic (exact) mass is 339 g/mol.